The Labute approximate surface area is 69.1 Å². The van der Waals surface area contributed by atoms with Crippen LogP contribution in [-0.2, 0) is 11.2 Å². The van der Waals surface area contributed by atoms with Crippen molar-refractivity contribution in [2.24, 2.45) is 11.8 Å². The molecule has 0 aromatic rings. The van der Waals surface area contributed by atoms with Gasteiger partial charge in [-0.2, -0.15) is 11.8 Å². The van der Waals surface area contributed by atoms with Gasteiger partial charge in [0.1, 0.15) is 11.0 Å². The molecule has 0 bridgehead atoms. The molecule has 0 radical (unpaired) electrons. The molecule has 10 heavy (non-hydrogen) atoms. The summed E-state index contributed by atoms with van der Waals surface area (Å²) in [4.78, 5) is 0. The van der Waals surface area contributed by atoms with Crippen LogP contribution in [0.2, 0.25) is 0 Å². The van der Waals surface area contributed by atoms with Crippen molar-refractivity contribution >= 4 is 22.9 Å². The summed E-state index contributed by atoms with van der Waals surface area (Å²) in [6, 6.07) is 0. The van der Waals surface area contributed by atoms with Crippen LogP contribution in [0.1, 0.15) is 6.92 Å². The highest BCUT2D eigenvalue weighted by Gasteiger charge is 2.47. The first-order chi connectivity index (χ1) is 4.79. The molecule has 0 aromatic carbocycles. The van der Waals surface area contributed by atoms with Crippen LogP contribution < -0.4 is 0 Å². The summed E-state index contributed by atoms with van der Waals surface area (Å²) in [6.45, 7) is 2.24. The Morgan fingerprint density at radius 2 is 2.30 bits per heavy atom. The number of hydrogen-bond donors (Lipinski definition) is 0. The molecule has 2 aliphatic heterocycles. The van der Waals surface area contributed by atoms with Gasteiger partial charge >= 0.3 is 0 Å². The number of thioether (sulfide) groups is 1. The number of hydrogen-bond acceptors (Lipinski definition) is 2. The lowest BCUT2D eigenvalue weighted by Crippen LogP contribution is -2.20. The summed E-state index contributed by atoms with van der Waals surface area (Å²) in [5, 5.41) is 0.556. The van der Waals surface area contributed by atoms with Gasteiger partial charge in [0.05, 0.1) is 0 Å². The Hall–Kier alpha value is 0.660. The Kier molecular flexibility index (Phi) is 1.91. The standard InChI is InChI=1S/C7H12OS2/c1-5-4-10(8)7-3-9-2-6(5)7/h5-7H,2-4H2,1H3. The first kappa shape index (κ1) is 7.32. The summed E-state index contributed by atoms with van der Waals surface area (Å²) >= 11 is 1.50. The second kappa shape index (κ2) is 2.61. The van der Waals surface area contributed by atoms with E-state index in [0.29, 0.717) is 5.25 Å². The van der Waals surface area contributed by atoms with Gasteiger partial charge < -0.3 is 4.55 Å². The lowest BCUT2D eigenvalue weighted by atomic mass is 9.96. The minimum atomic E-state index is -0.479. The summed E-state index contributed by atoms with van der Waals surface area (Å²) in [6.07, 6.45) is 0. The third kappa shape index (κ3) is 0.990. The average Bonchev–Trinajstić information content (AvgIpc) is 2.39. The van der Waals surface area contributed by atoms with Gasteiger partial charge in [0.2, 0.25) is 0 Å². The highest BCUT2D eigenvalue weighted by atomic mass is 32.2. The molecular formula is C7H12OS2. The molecule has 3 heteroatoms. The second-order valence-corrected chi connectivity index (χ2v) is 6.04. The molecule has 2 saturated heterocycles. The van der Waals surface area contributed by atoms with Crippen molar-refractivity contribution in [2.45, 2.75) is 12.2 Å². The van der Waals surface area contributed by atoms with Crippen molar-refractivity contribution in [1.82, 2.24) is 0 Å². The molecule has 2 rings (SSSR count). The van der Waals surface area contributed by atoms with Crippen LogP contribution in [0.25, 0.3) is 0 Å². The van der Waals surface area contributed by atoms with E-state index in [0.717, 1.165) is 23.3 Å². The Morgan fingerprint density at radius 1 is 1.50 bits per heavy atom. The zero-order chi connectivity index (χ0) is 7.14. The predicted molar refractivity (Wildman–Crippen MR) is 46.8 cm³/mol. The van der Waals surface area contributed by atoms with Crippen LogP contribution in [0.3, 0.4) is 0 Å². The van der Waals surface area contributed by atoms with Gasteiger partial charge in [-0.05, 0) is 11.2 Å². The van der Waals surface area contributed by atoms with Gasteiger partial charge in [-0.15, -0.1) is 0 Å². The van der Waals surface area contributed by atoms with Crippen LogP contribution in [0.4, 0.5) is 0 Å². The van der Waals surface area contributed by atoms with Gasteiger partial charge in [0.15, 0.2) is 0 Å². The number of rotatable bonds is 0. The van der Waals surface area contributed by atoms with E-state index in [2.05, 4.69) is 6.92 Å². The van der Waals surface area contributed by atoms with Crippen LogP contribution in [0, 0.1) is 11.8 Å². The molecule has 0 aliphatic carbocycles. The van der Waals surface area contributed by atoms with E-state index in [4.69, 9.17) is 0 Å². The minimum absolute atomic E-state index is 0.479. The van der Waals surface area contributed by atoms with Crippen LogP contribution in [0.5, 0.6) is 0 Å². The molecule has 0 spiro atoms. The van der Waals surface area contributed by atoms with Gasteiger partial charge in [0, 0.05) is 23.3 Å². The molecule has 4 unspecified atom stereocenters. The van der Waals surface area contributed by atoms with E-state index < -0.39 is 11.2 Å². The summed E-state index contributed by atoms with van der Waals surface area (Å²) in [5.74, 6) is 4.89. The smallest absolute Gasteiger partial charge is 0.128 e. The van der Waals surface area contributed by atoms with Crippen molar-refractivity contribution < 1.29 is 4.55 Å². The zero-order valence-electron chi connectivity index (χ0n) is 6.08. The molecule has 0 amide bonds. The lowest BCUT2D eigenvalue weighted by molar-refractivity contribution is 0.470. The van der Waals surface area contributed by atoms with Crippen molar-refractivity contribution in [3.8, 4) is 0 Å². The maximum atomic E-state index is 11.4. The quantitative estimate of drug-likeness (QED) is 0.516. The minimum Gasteiger partial charge on any atom is -0.616 e. The van der Waals surface area contributed by atoms with E-state index in [1.165, 1.54) is 5.75 Å². The molecule has 0 aromatic heterocycles. The molecule has 1 nitrogen and oxygen atoms in total. The van der Waals surface area contributed by atoms with Gasteiger partial charge in [-0.3, -0.25) is 0 Å². The van der Waals surface area contributed by atoms with Crippen molar-refractivity contribution in [3.05, 3.63) is 0 Å². The van der Waals surface area contributed by atoms with E-state index in [1.807, 2.05) is 11.8 Å². The largest absolute Gasteiger partial charge is 0.616 e. The maximum Gasteiger partial charge on any atom is 0.128 e. The van der Waals surface area contributed by atoms with Crippen LogP contribution in [0.15, 0.2) is 0 Å². The first-order valence-electron chi connectivity index (χ1n) is 3.74. The van der Waals surface area contributed by atoms with E-state index in [9.17, 15) is 4.55 Å². The number of fused-ring (bicyclic) bond motifs is 1. The second-order valence-electron chi connectivity index (χ2n) is 3.26. The predicted octanol–water partition coefficient (Wildman–Crippen LogP) is 1.12. The van der Waals surface area contributed by atoms with Crippen LogP contribution in [-0.4, -0.2) is 27.1 Å². The van der Waals surface area contributed by atoms with Crippen LogP contribution >= 0.6 is 11.8 Å². The highest BCUT2D eigenvalue weighted by molar-refractivity contribution is 8.01. The fraction of sp³-hybridized carbons (Fsp3) is 1.00. The van der Waals surface area contributed by atoms with Gasteiger partial charge in [-0.25, -0.2) is 0 Å². The molecule has 0 saturated carbocycles. The molecule has 0 N–H and O–H groups in total. The molecule has 2 heterocycles. The monoisotopic (exact) mass is 176 g/mol. The van der Waals surface area contributed by atoms with Gasteiger partial charge in [0.25, 0.3) is 0 Å². The highest BCUT2D eigenvalue weighted by Crippen LogP contribution is 2.41. The average molecular weight is 176 g/mol. The third-order valence-electron chi connectivity index (χ3n) is 2.57. The topological polar surface area (TPSA) is 23.1 Å². The summed E-state index contributed by atoms with van der Waals surface area (Å²) in [7, 11) is 0. The molecular weight excluding hydrogens is 164 g/mol. The Bertz CT molecular complexity index is 126. The fourth-order valence-corrected chi connectivity index (χ4v) is 6.09. The molecule has 4 atom stereocenters. The van der Waals surface area contributed by atoms with E-state index in [1.54, 1.807) is 0 Å². The summed E-state index contributed by atoms with van der Waals surface area (Å²) in [5.41, 5.74) is 0. The normalized spacial score (nSPS) is 53.4. The molecule has 2 aliphatic rings. The van der Waals surface area contributed by atoms with Crippen molar-refractivity contribution in [1.29, 1.82) is 0 Å². The van der Waals surface area contributed by atoms with Crippen molar-refractivity contribution in [3.63, 3.8) is 0 Å². The van der Waals surface area contributed by atoms with E-state index in [-0.39, 0.29) is 0 Å². The SMILES string of the molecule is CC1C[S+]([O-])C2CSCC12. The van der Waals surface area contributed by atoms with Crippen molar-refractivity contribution in [2.75, 3.05) is 17.3 Å². The van der Waals surface area contributed by atoms with E-state index >= 15 is 0 Å². The zero-order valence-corrected chi connectivity index (χ0v) is 7.71. The maximum absolute atomic E-state index is 11.4. The Balaban J connectivity index is 2.11. The Morgan fingerprint density at radius 3 is 3.00 bits per heavy atom. The fourth-order valence-electron chi connectivity index (χ4n) is 1.86. The molecule has 2 fully saturated rings. The molecule has 58 valence electrons. The third-order valence-corrected chi connectivity index (χ3v) is 6.04. The lowest BCUT2D eigenvalue weighted by Gasteiger charge is -2.09. The summed E-state index contributed by atoms with van der Waals surface area (Å²) < 4.78 is 11.4. The van der Waals surface area contributed by atoms with Gasteiger partial charge in [-0.1, -0.05) is 6.92 Å². The first-order valence-corrected chi connectivity index (χ1v) is 6.27.